The normalized spacial score (nSPS) is 14.2. The van der Waals surface area contributed by atoms with Crippen LogP contribution in [0.15, 0.2) is 40.5 Å². The van der Waals surface area contributed by atoms with E-state index in [-0.39, 0.29) is 0 Å². The van der Waals surface area contributed by atoms with Crippen LogP contribution in [-0.2, 0) is 9.59 Å². The summed E-state index contributed by atoms with van der Waals surface area (Å²) in [5, 5.41) is 2.53. The molecule has 1 aliphatic carbocycles. The average molecular weight is 338 g/mol. The number of carbonyl (C=O) groups is 2. The Balaban J connectivity index is 1.81. The molecule has 0 saturated carbocycles. The number of benzene rings is 1. The van der Waals surface area contributed by atoms with Crippen LogP contribution in [0.4, 0.5) is 5.69 Å². The molecule has 2 rings (SSSR count). The number of nitrogens with one attached hydrogen (secondary N) is 3. The molecule has 3 N–H and O–H groups in total. The lowest BCUT2D eigenvalue weighted by molar-refractivity contribution is -0.136. The minimum absolute atomic E-state index is 0.574. The molecule has 5 nitrogen and oxygen atoms in total. The third-order valence-corrected chi connectivity index (χ3v) is 3.46. The number of carbonyl (C=O) groups excluding carboxylic acids is 2. The molecule has 20 heavy (non-hydrogen) atoms. The van der Waals surface area contributed by atoms with Gasteiger partial charge in [-0.15, -0.1) is 0 Å². The van der Waals surface area contributed by atoms with E-state index in [1.54, 1.807) is 24.3 Å². The van der Waals surface area contributed by atoms with Gasteiger partial charge in [0, 0.05) is 15.9 Å². The lowest BCUT2D eigenvalue weighted by Crippen LogP contribution is -2.43. The van der Waals surface area contributed by atoms with Crippen molar-refractivity contribution in [2.45, 2.75) is 25.7 Å². The molecule has 0 aliphatic heterocycles. The Morgan fingerprint density at radius 1 is 1.05 bits per heavy atom. The van der Waals surface area contributed by atoms with Crippen LogP contribution in [0.1, 0.15) is 25.7 Å². The molecule has 1 aromatic rings. The van der Waals surface area contributed by atoms with Gasteiger partial charge in [0.25, 0.3) is 0 Å². The van der Waals surface area contributed by atoms with E-state index >= 15 is 0 Å². The molecule has 0 fully saturated rings. The van der Waals surface area contributed by atoms with Gasteiger partial charge in [0.2, 0.25) is 0 Å². The molecule has 2 amide bonds. The highest BCUT2D eigenvalue weighted by Gasteiger charge is 2.14. The van der Waals surface area contributed by atoms with Crippen LogP contribution in [-0.4, -0.2) is 11.8 Å². The Bertz CT molecular complexity index is 526. The van der Waals surface area contributed by atoms with Gasteiger partial charge < -0.3 is 10.7 Å². The molecule has 0 heterocycles. The Morgan fingerprint density at radius 3 is 2.45 bits per heavy atom. The second-order valence-electron chi connectivity index (χ2n) is 4.52. The van der Waals surface area contributed by atoms with Crippen molar-refractivity contribution >= 4 is 33.4 Å². The quantitative estimate of drug-likeness (QED) is 0.586. The Morgan fingerprint density at radius 2 is 1.80 bits per heavy atom. The van der Waals surface area contributed by atoms with Gasteiger partial charge in [-0.05, 0) is 49.9 Å². The third-order valence-electron chi connectivity index (χ3n) is 2.94. The zero-order valence-electron chi connectivity index (χ0n) is 10.9. The SMILES string of the molecule is O=C(NNC1=CCCCC1)C(=O)Nc1ccc(Br)cc1. The number of allylic oxidation sites excluding steroid dienone is 2. The fourth-order valence-corrected chi connectivity index (χ4v) is 2.13. The topological polar surface area (TPSA) is 70.2 Å². The number of anilines is 1. The molecular formula is C14H16BrN3O2. The first-order chi connectivity index (χ1) is 9.65. The summed E-state index contributed by atoms with van der Waals surface area (Å²) in [5.41, 5.74) is 6.73. The first-order valence-corrected chi connectivity index (χ1v) is 7.26. The average Bonchev–Trinajstić information content (AvgIpc) is 2.48. The standard InChI is InChI=1S/C14H16BrN3O2/c15-10-6-8-11(9-7-10)16-13(19)14(20)18-17-12-4-2-1-3-5-12/h4,6-9,17H,1-3,5H2,(H,16,19)(H,18,20). The third kappa shape index (κ3) is 4.38. The summed E-state index contributed by atoms with van der Waals surface area (Å²) < 4.78 is 0.908. The van der Waals surface area contributed by atoms with Crippen molar-refractivity contribution in [1.82, 2.24) is 10.9 Å². The van der Waals surface area contributed by atoms with Crippen LogP contribution < -0.4 is 16.2 Å². The fraction of sp³-hybridized carbons (Fsp3) is 0.286. The molecule has 0 aromatic heterocycles. The zero-order valence-corrected chi connectivity index (χ0v) is 12.5. The summed E-state index contributed by atoms with van der Waals surface area (Å²) >= 11 is 3.30. The number of amides is 2. The molecule has 0 unspecified atom stereocenters. The number of halogens is 1. The van der Waals surface area contributed by atoms with E-state index in [1.165, 1.54) is 6.42 Å². The van der Waals surface area contributed by atoms with Crippen molar-refractivity contribution in [1.29, 1.82) is 0 Å². The largest absolute Gasteiger partial charge is 0.327 e. The highest BCUT2D eigenvalue weighted by atomic mass is 79.9. The minimum atomic E-state index is -0.709. The van der Waals surface area contributed by atoms with Gasteiger partial charge in [0.15, 0.2) is 0 Å². The zero-order chi connectivity index (χ0) is 14.4. The highest BCUT2D eigenvalue weighted by Crippen LogP contribution is 2.15. The van der Waals surface area contributed by atoms with Crippen molar-refractivity contribution in [2.24, 2.45) is 0 Å². The maximum atomic E-state index is 11.7. The van der Waals surface area contributed by atoms with Crippen LogP contribution in [0.3, 0.4) is 0 Å². The van der Waals surface area contributed by atoms with Gasteiger partial charge >= 0.3 is 11.8 Å². The van der Waals surface area contributed by atoms with Crippen molar-refractivity contribution < 1.29 is 9.59 Å². The van der Waals surface area contributed by atoms with E-state index in [2.05, 4.69) is 32.1 Å². The van der Waals surface area contributed by atoms with E-state index in [9.17, 15) is 9.59 Å². The molecular weight excluding hydrogens is 322 g/mol. The highest BCUT2D eigenvalue weighted by molar-refractivity contribution is 9.10. The Kier molecular flexibility index (Phi) is 5.17. The van der Waals surface area contributed by atoms with E-state index in [0.29, 0.717) is 5.69 Å². The summed E-state index contributed by atoms with van der Waals surface area (Å²) in [7, 11) is 0. The van der Waals surface area contributed by atoms with Crippen LogP contribution in [0, 0.1) is 0 Å². The molecule has 0 saturated heterocycles. The van der Waals surface area contributed by atoms with E-state index < -0.39 is 11.8 Å². The lowest BCUT2D eigenvalue weighted by atomic mass is 10.1. The number of hydrazine groups is 1. The summed E-state index contributed by atoms with van der Waals surface area (Å²) in [6.45, 7) is 0. The van der Waals surface area contributed by atoms with Gasteiger partial charge in [0.05, 0.1) is 0 Å². The van der Waals surface area contributed by atoms with Crippen LogP contribution in [0.25, 0.3) is 0 Å². The molecule has 0 bridgehead atoms. The predicted molar refractivity (Wildman–Crippen MR) is 80.6 cm³/mol. The van der Waals surface area contributed by atoms with Gasteiger partial charge in [0.1, 0.15) is 0 Å². The van der Waals surface area contributed by atoms with E-state index in [4.69, 9.17) is 0 Å². The fourth-order valence-electron chi connectivity index (χ4n) is 1.87. The monoisotopic (exact) mass is 337 g/mol. The van der Waals surface area contributed by atoms with Gasteiger partial charge in [-0.1, -0.05) is 22.0 Å². The van der Waals surface area contributed by atoms with Crippen molar-refractivity contribution in [3.63, 3.8) is 0 Å². The second-order valence-corrected chi connectivity index (χ2v) is 5.43. The second kappa shape index (κ2) is 7.09. The van der Waals surface area contributed by atoms with Crippen molar-refractivity contribution in [3.05, 3.63) is 40.5 Å². The number of rotatable bonds is 3. The van der Waals surface area contributed by atoms with Gasteiger partial charge in [-0.2, -0.15) is 0 Å². The van der Waals surface area contributed by atoms with Crippen molar-refractivity contribution in [2.75, 3.05) is 5.32 Å². The molecule has 0 spiro atoms. The molecule has 0 radical (unpaired) electrons. The first-order valence-electron chi connectivity index (χ1n) is 6.47. The molecule has 1 aromatic carbocycles. The summed E-state index contributed by atoms with van der Waals surface area (Å²) in [5.74, 6) is -1.41. The Hall–Kier alpha value is -1.82. The molecule has 1 aliphatic rings. The summed E-state index contributed by atoms with van der Waals surface area (Å²) in [6.07, 6.45) is 6.21. The van der Waals surface area contributed by atoms with Crippen LogP contribution in [0.5, 0.6) is 0 Å². The first kappa shape index (κ1) is 14.6. The predicted octanol–water partition coefficient (Wildman–Crippen LogP) is 2.47. The molecule has 0 atom stereocenters. The minimum Gasteiger partial charge on any atom is -0.318 e. The van der Waals surface area contributed by atoms with E-state index in [1.807, 2.05) is 6.08 Å². The van der Waals surface area contributed by atoms with Gasteiger partial charge in [-0.25, -0.2) is 0 Å². The van der Waals surface area contributed by atoms with E-state index in [0.717, 1.165) is 29.4 Å². The maximum Gasteiger partial charge on any atom is 0.327 e. The molecule has 6 heteroatoms. The summed E-state index contributed by atoms with van der Waals surface area (Å²) in [4.78, 5) is 23.3. The van der Waals surface area contributed by atoms with Crippen LogP contribution in [0.2, 0.25) is 0 Å². The maximum absolute atomic E-state index is 11.7. The van der Waals surface area contributed by atoms with Crippen molar-refractivity contribution in [3.8, 4) is 0 Å². The van der Waals surface area contributed by atoms with Gasteiger partial charge in [-0.3, -0.25) is 15.0 Å². The summed E-state index contributed by atoms with van der Waals surface area (Å²) in [6, 6.07) is 7.01. The smallest absolute Gasteiger partial charge is 0.318 e. The number of hydrogen-bond acceptors (Lipinski definition) is 3. The molecule has 106 valence electrons. The lowest BCUT2D eigenvalue weighted by Gasteiger charge is -2.15. The van der Waals surface area contributed by atoms with Crippen LogP contribution >= 0.6 is 15.9 Å². The Labute approximate surface area is 125 Å². The number of hydrogen-bond donors (Lipinski definition) is 3.